The Morgan fingerprint density at radius 3 is 2.60 bits per heavy atom. The largest absolute Gasteiger partial charge is 0.378 e. The van der Waals surface area contributed by atoms with Gasteiger partial charge in [-0.1, -0.05) is 5.92 Å². The highest BCUT2D eigenvalue weighted by Gasteiger charge is 2.26. The standard InChI is InChI=1S/C15H25N3O.HI/c1-3-9-17-15(16-4-2)18-10-7-14(8-11-18)19-12-13-5-6-13;/h1,13-14H,4-12H2,2H3,(H,16,17);1H. The minimum atomic E-state index is 0. The molecule has 4 nitrogen and oxygen atoms in total. The van der Waals surface area contributed by atoms with Crippen LogP contribution in [0.25, 0.3) is 0 Å². The number of aliphatic imine (C=N–C) groups is 1. The number of ether oxygens (including phenoxy) is 1. The molecule has 1 N–H and O–H groups in total. The average molecular weight is 391 g/mol. The number of nitrogens with one attached hydrogen (secondary N) is 1. The minimum Gasteiger partial charge on any atom is -0.378 e. The van der Waals surface area contributed by atoms with Gasteiger partial charge in [0.15, 0.2) is 5.96 Å². The van der Waals surface area contributed by atoms with Crippen LogP contribution in [0.4, 0.5) is 0 Å². The van der Waals surface area contributed by atoms with E-state index in [1.807, 2.05) is 0 Å². The van der Waals surface area contributed by atoms with E-state index in [0.29, 0.717) is 12.6 Å². The predicted octanol–water partition coefficient (Wildman–Crippen LogP) is 2.09. The van der Waals surface area contributed by atoms with Crippen molar-refractivity contribution in [1.82, 2.24) is 10.2 Å². The quantitative estimate of drug-likeness (QED) is 0.338. The summed E-state index contributed by atoms with van der Waals surface area (Å²) in [5.74, 6) is 4.36. The van der Waals surface area contributed by atoms with Crippen molar-refractivity contribution < 1.29 is 4.74 Å². The van der Waals surface area contributed by atoms with Crippen LogP contribution in [0, 0.1) is 18.3 Å². The summed E-state index contributed by atoms with van der Waals surface area (Å²) in [5, 5.41) is 3.30. The van der Waals surface area contributed by atoms with Crippen molar-refractivity contribution in [2.75, 3.05) is 32.8 Å². The molecule has 0 unspecified atom stereocenters. The van der Waals surface area contributed by atoms with Gasteiger partial charge >= 0.3 is 0 Å². The van der Waals surface area contributed by atoms with Crippen molar-refractivity contribution >= 4 is 29.9 Å². The van der Waals surface area contributed by atoms with Gasteiger partial charge < -0.3 is 15.0 Å². The van der Waals surface area contributed by atoms with Crippen LogP contribution in [0.5, 0.6) is 0 Å². The van der Waals surface area contributed by atoms with Crippen molar-refractivity contribution in [2.24, 2.45) is 10.9 Å². The molecule has 2 rings (SSSR count). The molecule has 5 heteroatoms. The topological polar surface area (TPSA) is 36.9 Å². The molecule has 1 aliphatic carbocycles. The number of nitrogens with zero attached hydrogens (tertiary/aromatic N) is 2. The zero-order chi connectivity index (χ0) is 13.5. The van der Waals surface area contributed by atoms with Crippen LogP contribution in [0.1, 0.15) is 32.6 Å². The summed E-state index contributed by atoms with van der Waals surface area (Å²) in [5.41, 5.74) is 0. The molecule has 20 heavy (non-hydrogen) atoms. The van der Waals surface area contributed by atoms with Crippen molar-refractivity contribution in [3.05, 3.63) is 0 Å². The summed E-state index contributed by atoms with van der Waals surface area (Å²) in [4.78, 5) is 6.71. The van der Waals surface area contributed by atoms with Gasteiger partial charge in [0.25, 0.3) is 0 Å². The van der Waals surface area contributed by atoms with Crippen LogP contribution < -0.4 is 5.32 Å². The first kappa shape index (κ1) is 17.6. The second kappa shape index (κ2) is 9.46. The highest BCUT2D eigenvalue weighted by atomic mass is 127. The lowest BCUT2D eigenvalue weighted by Gasteiger charge is -2.34. The van der Waals surface area contributed by atoms with E-state index in [-0.39, 0.29) is 24.0 Å². The van der Waals surface area contributed by atoms with Crippen molar-refractivity contribution in [3.63, 3.8) is 0 Å². The van der Waals surface area contributed by atoms with Crippen LogP contribution in [-0.2, 0) is 4.74 Å². The Bertz CT molecular complexity index is 342. The maximum absolute atomic E-state index is 5.96. The predicted molar refractivity (Wildman–Crippen MR) is 93.5 cm³/mol. The smallest absolute Gasteiger partial charge is 0.194 e. The van der Waals surface area contributed by atoms with Gasteiger partial charge in [-0.05, 0) is 38.5 Å². The molecule has 0 aromatic heterocycles. The number of hydrogen-bond donors (Lipinski definition) is 1. The van der Waals surface area contributed by atoms with Crippen LogP contribution in [-0.4, -0.2) is 49.7 Å². The van der Waals surface area contributed by atoms with Gasteiger partial charge in [0, 0.05) is 26.2 Å². The number of guanidine groups is 1. The van der Waals surface area contributed by atoms with Gasteiger partial charge in [-0.25, -0.2) is 4.99 Å². The van der Waals surface area contributed by atoms with Gasteiger partial charge in [0.05, 0.1) is 6.10 Å². The molecule has 1 saturated carbocycles. The summed E-state index contributed by atoms with van der Waals surface area (Å²) in [6.45, 7) is 6.38. The Kier molecular flexibility index (Phi) is 8.31. The third-order valence-electron chi connectivity index (χ3n) is 3.66. The van der Waals surface area contributed by atoms with Gasteiger partial charge in [-0.2, -0.15) is 0 Å². The number of piperidine rings is 1. The molecule has 0 aromatic rings. The fourth-order valence-electron chi connectivity index (χ4n) is 2.34. The normalized spacial score (nSPS) is 20.2. The molecule has 1 saturated heterocycles. The maximum Gasteiger partial charge on any atom is 0.194 e. The first-order chi connectivity index (χ1) is 9.33. The molecule has 1 aliphatic heterocycles. The van der Waals surface area contributed by atoms with E-state index in [2.05, 4.69) is 28.1 Å². The molecular formula is C15H26IN3O. The third kappa shape index (κ3) is 5.88. The minimum absolute atomic E-state index is 0. The molecule has 0 bridgehead atoms. The fraction of sp³-hybridized carbons (Fsp3) is 0.800. The number of halogens is 1. The van der Waals surface area contributed by atoms with Crippen molar-refractivity contribution in [3.8, 4) is 12.3 Å². The van der Waals surface area contributed by atoms with E-state index >= 15 is 0 Å². The molecule has 2 aliphatic rings. The molecule has 0 spiro atoms. The molecule has 0 radical (unpaired) electrons. The average Bonchev–Trinajstić information content (AvgIpc) is 3.26. The van der Waals surface area contributed by atoms with E-state index in [9.17, 15) is 0 Å². The maximum atomic E-state index is 5.96. The highest BCUT2D eigenvalue weighted by molar-refractivity contribution is 14.0. The Morgan fingerprint density at radius 2 is 2.05 bits per heavy atom. The lowest BCUT2D eigenvalue weighted by molar-refractivity contribution is 0.0131. The fourth-order valence-corrected chi connectivity index (χ4v) is 2.34. The number of hydrogen-bond acceptors (Lipinski definition) is 2. The lowest BCUT2D eigenvalue weighted by atomic mass is 10.1. The van der Waals surface area contributed by atoms with Crippen LogP contribution in [0.15, 0.2) is 4.99 Å². The lowest BCUT2D eigenvalue weighted by Crippen LogP contribution is -2.47. The molecular weight excluding hydrogens is 365 g/mol. The number of likely N-dealkylation sites (tertiary alicyclic amines) is 1. The van der Waals surface area contributed by atoms with Crippen LogP contribution >= 0.6 is 24.0 Å². The van der Waals surface area contributed by atoms with E-state index in [1.54, 1.807) is 0 Å². The highest BCUT2D eigenvalue weighted by Crippen LogP contribution is 2.30. The summed E-state index contributed by atoms with van der Waals surface area (Å²) in [6.07, 6.45) is 10.6. The first-order valence-electron chi connectivity index (χ1n) is 7.41. The van der Waals surface area contributed by atoms with Crippen LogP contribution in [0.2, 0.25) is 0 Å². The Morgan fingerprint density at radius 1 is 1.35 bits per heavy atom. The zero-order valence-electron chi connectivity index (χ0n) is 12.3. The molecule has 2 fully saturated rings. The summed E-state index contributed by atoms with van der Waals surface area (Å²) < 4.78 is 5.96. The number of terminal acetylenes is 1. The Hall–Kier alpha value is -0.480. The molecule has 0 atom stereocenters. The SMILES string of the molecule is C#CCN=C(NCC)N1CCC(OCC2CC2)CC1.I. The van der Waals surface area contributed by atoms with Crippen molar-refractivity contribution in [1.29, 1.82) is 0 Å². The summed E-state index contributed by atoms with van der Waals surface area (Å²) in [7, 11) is 0. The Labute approximate surface area is 139 Å². The first-order valence-corrected chi connectivity index (χ1v) is 7.41. The monoisotopic (exact) mass is 391 g/mol. The molecule has 1 heterocycles. The second-order valence-corrected chi connectivity index (χ2v) is 5.34. The van der Waals surface area contributed by atoms with Crippen LogP contribution in [0.3, 0.4) is 0 Å². The van der Waals surface area contributed by atoms with E-state index in [0.717, 1.165) is 51.0 Å². The van der Waals surface area contributed by atoms with E-state index in [4.69, 9.17) is 11.2 Å². The Balaban J connectivity index is 0.00000200. The van der Waals surface area contributed by atoms with Gasteiger partial charge in [0.2, 0.25) is 0 Å². The summed E-state index contributed by atoms with van der Waals surface area (Å²) >= 11 is 0. The van der Waals surface area contributed by atoms with Crippen molar-refractivity contribution in [2.45, 2.75) is 38.7 Å². The zero-order valence-corrected chi connectivity index (χ0v) is 14.6. The van der Waals surface area contributed by atoms with Gasteiger partial charge in [-0.15, -0.1) is 30.4 Å². The van der Waals surface area contributed by atoms with E-state index in [1.165, 1.54) is 12.8 Å². The second-order valence-electron chi connectivity index (χ2n) is 5.34. The third-order valence-corrected chi connectivity index (χ3v) is 3.66. The van der Waals surface area contributed by atoms with E-state index < -0.39 is 0 Å². The van der Waals surface area contributed by atoms with Gasteiger partial charge in [-0.3, -0.25) is 0 Å². The summed E-state index contributed by atoms with van der Waals surface area (Å²) in [6, 6.07) is 0. The molecule has 114 valence electrons. The number of rotatable bonds is 5. The molecule has 0 amide bonds. The van der Waals surface area contributed by atoms with Gasteiger partial charge in [0.1, 0.15) is 6.54 Å². The molecule has 0 aromatic carbocycles.